The summed E-state index contributed by atoms with van der Waals surface area (Å²) in [5.74, 6) is -1.89. The van der Waals surface area contributed by atoms with Gasteiger partial charge in [-0.1, -0.05) is 12.1 Å². The standard InChI is InChI=1S/C14H12F2N2O3/c15-12-6-13(16)14(18(20)21)5-10(12)8-17-7-9-1-3-11(19)4-2-9/h1-6,17,19H,7-8H2. The minimum absolute atomic E-state index is 0.0156. The third kappa shape index (κ3) is 3.73. The number of phenolic OH excluding ortho intramolecular Hbond substituents is 1. The molecule has 0 saturated carbocycles. The van der Waals surface area contributed by atoms with E-state index in [1.807, 2.05) is 0 Å². The van der Waals surface area contributed by atoms with Gasteiger partial charge in [0.05, 0.1) is 4.92 Å². The molecule has 0 fully saturated rings. The molecule has 0 spiro atoms. The minimum Gasteiger partial charge on any atom is -0.508 e. The number of nitro groups is 1. The number of halogens is 2. The maximum Gasteiger partial charge on any atom is 0.305 e. The van der Waals surface area contributed by atoms with E-state index >= 15 is 0 Å². The van der Waals surface area contributed by atoms with Crippen molar-refractivity contribution in [3.8, 4) is 5.75 Å². The van der Waals surface area contributed by atoms with Crippen molar-refractivity contribution in [2.24, 2.45) is 0 Å². The summed E-state index contributed by atoms with van der Waals surface area (Å²) in [6.07, 6.45) is 0. The van der Waals surface area contributed by atoms with Crippen molar-refractivity contribution >= 4 is 5.69 Å². The third-order valence-corrected chi connectivity index (χ3v) is 2.89. The Bertz CT molecular complexity index is 660. The van der Waals surface area contributed by atoms with Gasteiger partial charge in [-0.15, -0.1) is 0 Å². The fourth-order valence-electron chi connectivity index (χ4n) is 1.81. The van der Waals surface area contributed by atoms with Crippen LogP contribution in [0.25, 0.3) is 0 Å². The van der Waals surface area contributed by atoms with Crippen molar-refractivity contribution in [3.05, 3.63) is 69.3 Å². The van der Waals surface area contributed by atoms with Gasteiger partial charge in [-0.05, 0) is 17.7 Å². The van der Waals surface area contributed by atoms with Crippen molar-refractivity contribution in [2.75, 3.05) is 0 Å². The van der Waals surface area contributed by atoms with Gasteiger partial charge in [0, 0.05) is 30.8 Å². The van der Waals surface area contributed by atoms with Crippen LogP contribution in [0, 0.1) is 21.7 Å². The Labute approximate surface area is 119 Å². The highest BCUT2D eigenvalue weighted by Gasteiger charge is 2.18. The van der Waals surface area contributed by atoms with E-state index in [0.29, 0.717) is 12.6 Å². The first kappa shape index (κ1) is 14.9. The molecule has 0 saturated heterocycles. The van der Waals surface area contributed by atoms with E-state index in [2.05, 4.69) is 5.32 Å². The highest BCUT2D eigenvalue weighted by Crippen LogP contribution is 2.21. The van der Waals surface area contributed by atoms with Gasteiger partial charge in [0.25, 0.3) is 0 Å². The van der Waals surface area contributed by atoms with Gasteiger partial charge in [-0.25, -0.2) is 4.39 Å². The molecule has 0 aliphatic rings. The average molecular weight is 294 g/mol. The molecule has 2 rings (SSSR count). The van der Waals surface area contributed by atoms with Crippen LogP contribution in [0.3, 0.4) is 0 Å². The molecule has 0 heterocycles. The lowest BCUT2D eigenvalue weighted by Crippen LogP contribution is -2.14. The molecule has 0 bridgehead atoms. The predicted molar refractivity (Wildman–Crippen MR) is 71.7 cm³/mol. The first-order valence-corrected chi connectivity index (χ1v) is 6.08. The number of nitro benzene ring substituents is 1. The molecule has 5 nitrogen and oxygen atoms in total. The van der Waals surface area contributed by atoms with E-state index in [0.717, 1.165) is 11.6 Å². The van der Waals surface area contributed by atoms with Crippen LogP contribution in [0.5, 0.6) is 5.75 Å². The first-order chi connectivity index (χ1) is 9.97. The SMILES string of the molecule is O=[N+]([O-])c1cc(CNCc2ccc(O)cc2)c(F)cc1F. The molecular formula is C14H12F2N2O3. The molecule has 2 aromatic carbocycles. The van der Waals surface area contributed by atoms with Crippen LogP contribution in [0.2, 0.25) is 0 Å². The first-order valence-electron chi connectivity index (χ1n) is 6.08. The molecule has 0 aliphatic carbocycles. The zero-order valence-corrected chi connectivity index (χ0v) is 10.8. The second kappa shape index (κ2) is 6.27. The Balaban J connectivity index is 2.04. The second-order valence-corrected chi connectivity index (χ2v) is 4.42. The maximum atomic E-state index is 13.5. The Morgan fingerprint density at radius 2 is 1.76 bits per heavy atom. The molecular weight excluding hydrogens is 282 g/mol. The van der Waals surface area contributed by atoms with Gasteiger partial charge in [-0.2, -0.15) is 4.39 Å². The quantitative estimate of drug-likeness (QED) is 0.656. The van der Waals surface area contributed by atoms with Crippen LogP contribution in [0.1, 0.15) is 11.1 Å². The Morgan fingerprint density at radius 1 is 1.10 bits per heavy atom. The molecule has 110 valence electrons. The van der Waals surface area contributed by atoms with Crippen LogP contribution in [0.15, 0.2) is 36.4 Å². The fraction of sp³-hybridized carbons (Fsp3) is 0.143. The van der Waals surface area contributed by atoms with Crippen molar-refractivity contribution in [1.29, 1.82) is 0 Å². The van der Waals surface area contributed by atoms with E-state index in [-0.39, 0.29) is 17.9 Å². The Morgan fingerprint density at radius 3 is 2.38 bits per heavy atom. The fourth-order valence-corrected chi connectivity index (χ4v) is 1.81. The van der Waals surface area contributed by atoms with Crippen molar-refractivity contribution in [1.82, 2.24) is 5.32 Å². The average Bonchev–Trinajstić information content (AvgIpc) is 2.43. The predicted octanol–water partition coefficient (Wildman–Crippen LogP) is 2.87. The summed E-state index contributed by atoms with van der Waals surface area (Å²) in [7, 11) is 0. The number of nitrogens with zero attached hydrogens (tertiary/aromatic N) is 1. The van der Waals surface area contributed by atoms with Crippen LogP contribution in [-0.2, 0) is 13.1 Å². The summed E-state index contributed by atoms with van der Waals surface area (Å²) in [5.41, 5.74) is 0.115. The minimum atomic E-state index is -1.19. The summed E-state index contributed by atoms with van der Waals surface area (Å²) >= 11 is 0. The lowest BCUT2D eigenvalue weighted by atomic mass is 10.1. The number of nitrogens with one attached hydrogen (secondary N) is 1. The Kier molecular flexibility index (Phi) is 4.44. The third-order valence-electron chi connectivity index (χ3n) is 2.89. The van der Waals surface area contributed by atoms with Crippen molar-refractivity contribution < 1.29 is 18.8 Å². The van der Waals surface area contributed by atoms with Crippen molar-refractivity contribution in [2.45, 2.75) is 13.1 Å². The normalized spacial score (nSPS) is 10.6. The lowest BCUT2D eigenvalue weighted by molar-refractivity contribution is -0.387. The van der Waals surface area contributed by atoms with Gasteiger partial charge < -0.3 is 10.4 Å². The molecule has 0 atom stereocenters. The highest BCUT2D eigenvalue weighted by atomic mass is 19.1. The molecule has 0 unspecified atom stereocenters. The van der Waals surface area contributed by atoms with Crippen LogP contribution < -0.4 is 5.32 Å². The Hall–Kier alpha value is -2.54. The van der Waals surface area contributed by atoms with Gasteiger partial charge in [0.2, 0.25) is 5.82 Å². The number of phenols is 1. The van der Waals surface area contributed by atoms with E-state index in [1.165, 1.54) is 12.1 Å². The molecule has 0 aromatic heterocycles. The number of aromatic hydroxyl groups is 1. The largest absolute Gasteiger partial charge is 0.508 e. The molecule has 0 amide bonds. The molecule has 21 heavy (non-hydrogen) atoms. The molecule has 2 N–H and O–H groups in total. The molecule has 7 heteroatoms. The second-order valence-electron chi connectivity index (χ2n) is 4.42. The number of rotatable bonds is 5. The van der Waals surface area contributed by atoms with Crippen LogP contribution in [0.4, 0.5) is 14.5 Å². The van der Waals surface area contributed by atoms with Gasteiger partial charge in [-0.3, -0.25) is 10.1 Å². The summed E-state index contributed by atoms with van der Waals surface area (Å²) < 4.78 is 26.7. The topological polar surface area (TPSA) is 75.4 Å². The highest BCUT2D eigenvalue weighted by molar-refractivity contribution is 5.37. The van der Waals surface area contributed by atoms with E-state index in [1.54, 1.807) is 12.1 Å². The number of hydrogen-bond donors (Lipinski definition) is 2. The van der Waals surface area contributed by atoms with Crippen molar-refractivity contribution in [3.63, 3.8) is 0 Å². The summed E-state index contributed by atoms with van der Waals surface area (Å²) in [4.78, 5) is 9.72. The van der Waals surface area contributed by atoms with E-state index in [9.17, 15) is 18.9 Å². The maximum absolute atomic E-state index is 13.5. The summed E-state index contributed by atoms with van der Waals surface area (Å²) in [5, 5.41) is 22.6. The van der Waals surface area contributed by atoms with Gasteiger partial charge in [0.15, 0.2) is 0 Å². The van der Waals surface area contributed by atoms with Crippen LogP contribution >= 0.6 is 0 Å². The zero-order valence-electron chi connectivity index (χ0n) is 10.8. The van der Waals surface area contributed by atoms with Gasteiger partial charge >= 0.3 is 5.69 Å². The summed E-state index contributed by atoms with van der Waals surface area (Å²) in [6, 6.07) is 7.79. The molecule has 2 aromatic rings. The number of benzene rings is 2. The number of hydrogen-bond acceptors (Lipinski definition) is 4. The monoisotopic (exact) mass is 294 g/mol. The van der Waals surface area contributed by atoms with E-state index in [4.69, 9.17) is 5.11 Å². The van der Waals surface area contributed by atoms with Gasteiger partial charge in [0.1, 0.15) is 11.6 Å². The molecule has 0 aliphatic heterocycles. The summed E-state index contributed by atoms with van der Waals surface area (Å²) in [6.45, 7) is 0.402. The lowest BCUT2D eigenvalue weighted by Gasteiger charge is -2.07. The smallest absolute Gasteiger partial charge is 0.305 e. The van der Waals surface area contributed by atoms with E-state index < -0.39 is 22.2 Å². The zero-order chi connectivity index (χ0) is 15.4. The molecule has 0 radical (unpaired) electrons. The van der Waals surface area contributed by atoms with Crippen LogP contribution in [-0.4, -0.2) is 10.0 Å².